The Balaban J connectivity index is 1.83. The molecule has 31 heavy (non-hydrogen) atoms. The number of benzene rings is 2. The maximum absolute atomic E-state index is 13.3. The maximum Gasteiger partial charge on any atom is 0.273 e. The number of rotatable bonds is 10. The molecule has 3 rings (SSSR count). The number of nitro groups is 1. The SMILES string of the molecule is CCCCCN(Cc1cccn1Cc1ccccc1)C(=O)c1ccc(C)c([N+](=O)[O-])c1. The van der Waals surface area contributed by atoms with E-state index in [-0.39, 0.29) is 11.6 Å². The number of carbonyl (C=O) groups is 1. The highest BCUT2D eigenvalue weighted by molar-refractivity contribution is 5.95. The van der Waals surface area contributed by atoms with Gasteiger partial charge in [-0.1, -0.05) is 56.2 Å². The Hall–Kier alpha value is -3.41. The van der Waals surface area contributed by atoms with E-state index in [9.17, 15) is 14.9 Å². The van der Waals surface area contributed by atoms with Crippen molar-refractivity contribution in [3.8, 4) is 0 Å². The van der Waals surface area contributed by atoms with E-state index in [0.717, 1.165) is 31.5 Å². The van der Waals surface area contributed by atoms with Crippen molar-refractivity contribution in [3.63, 3.8) is 0 Å². The number of unbranched alkanes of at least 4 members (excludes halogenated alkanes) is 2. The summed E-state index contributed by atoms with van der Waals surface area (Å²) < 4.78 is 2.15. The van der Waals surface area contributed by atoms with Gasteiger partial charge in [0.15, 0.2) is 0 Å². The van der Waals surface area contributed by atoms with Crippen LogP contribution >= 0.6 is 0 Å². The molecule has 6 heteroatoms. The summed E-state index contributed by atoms with van der Waals surface area (Å²) in [4.78, 5) is 26.0. The fourth-order valence-electron chi connectivity index (χ4n) is 3.65. The fraction of sp³-hybridized carbons (Fsp3) is 0.320. The highest BCUT2D eigenvalue weighted by Crippen LogP contribution is 2.21. The summed E-state index contributed by atoms with van der Waals surface area (Å²) in [5, 5.41) is 11.3. The first-order valence-electron chi connectivity index (χ1n) is 10.7. The van der Waals surface area contributed by atoms with Gasteiger partial charge in [-0.15, -0.1) is 0 Å². The molecule has 0 N–H and O–H groups in total. The molecular formula is C25H29N3O3. The van der Waals surface area contributed by atoms with Crippen LogP contribution in [0, 0.1) is 17.0 Å². The first kappa shape index (κ1) is 22.3. The zero-order valence-corrected chi connectivity index (χ0v) is 18.2. The van der Waals surface area contributed by atoms with Gasteiger partial charge in [0, 0.05) is 42.2 Å². The molecule has 0 aliphatic rings. The quantitative estimate of drug-likeness (QED) is 0.244. The van der Waals surface area contributed by atoms with Gasteiger partial charge in [-0.25, -0.2) is 0 Å². The van der Waals surface area contributed by atoms with Crippen molar-refractivity contribution in [2.75, 3.05) is 6.54 Å². The van der Waals surface area contributed by atoms with E-state index in [4.69, 9.17) is 0 Å². The standard InChI is InChI=1S/C25H29N3O3/c1-3-4-8-15-27(25(29)22-14-13-20(2)24(17-22)28(30)31)19-23-12-9-16-26(23)18-21-10-6-5-7-11-21/h5-7,9-14,16-17H,3-4,8,15,18-19H2,1-2H3. The van der Waals surface area contributed by atoms with E-state index >= 15 is 0 Å². The number of hydrogen-bond acceptors (Lipinski definition) is 3. The minimum absolute atomic E-state index is 0.0215. The predicted molar refractivity (Wildman–Crippen MR) is 122 cm³/mol. The number of hydrogen-bond donors (Lipinski definition) is 0. The third-order valence-corrected chi connectivity index (χ3v) is 5.44. The van der Waals surface area contributed by atoms with Crippen molar-refractivity contribution < 1.29 is 9.72 Å². The van der Waals surface area contributed by atoms with Gasteiger partial charge < -0.3 is 9.47 Å². The number of aromatic nitrogens is 1. The summed E-state index contributed by atoms with van der Waals surface area (Å²) in [5.41, 5.74) is 3.12. The van der Waals surface area contributed by atoms with E-state index in [1.54, 1.807) is 24.0 Å². The van der Waals surface area contributed by atoms with Gasteiger partial charge in [-0.05, 0) is 37.1 Å². The minimum Gasteiger partial charge on any atom is -0.345 e. The second-order valence-corrected chi connectivity index (χ2v) is 7.81. The lowest BCUT2D eigenvalue weighted by atomic mass is 10.1. The summed E-state index contributed by atoms with van der Waals surface area (Å²) in [5.74, 6) is -0.174. The molecule has 0 saturated heterocycles. The van der Waals surface area contributed by atoms with Crippen molar-refractivity contribution in [3.05, 3.63) is 99.4 Å². The second kappa shape index (κ2) is 10.6. The zero-order valence-electron chi connectivity index (χ0n) is 18.2. The van der Waals surface area contributed by atoms with Crippen LogP contribution < -0.4 is 0 Å². The lowest BCUT2D eigenvalue weighted by Gasteiger charge is -2.24. The molecule has 1 aromatic heterocycles. The second-order valence-electron chi connectivity index (χ2n) is 7.81. The minimum atomic E-state index is -0.432. The van der Waals surface area contributed by atoms with E-state index < -0.39 is 4.92 Å². The van der Waals surface area contributed by atoms with Crippen LogP contribution in [0.25, 0.3) is 0 Å². The van der Waals surface area contributed by atoms with Crippen molar-refractivity contribution in [2.24, 2.45) is 0 Å². The number of amides is 1. The molecule has 1 heterocycles. The van der Waals surface area contributed by atoms with Crippen molar-refractivity contribution >= 4 is 11.6 Å². The molecule has 3 aromatic rings. The lowest BCUT2D eigenvalue weighted by molar-refractivity contribution is -0.385. The summed E-state index contributed by atoms with van der Waals surface area (Å²) >= 11 is 0. The first-order chi connectivity index (χ1) is 15.0. The average Bonchev–Trinajstić information content (AvgIpc) is 3.20. The summed E-state index contributed by atoms with van der Waals surface area (Å²) in [7, 11) is 0. The van der Waals surface area contributed by atoms with Gasteiger partial charge in [0.05, 0.1) is 11.5 Å². The molecule has 0 spiro atoms. The number of nitrogens with zero attached hydrogens (tertiary/aromatic N) is 3. The molecule has 1 amide bonds. The Morgan fingerprint density at radius 2 is 1.84 bits per heavy atom. The zero-order chi connectivity index (χ0) is 22.2. The smallest absolute Gasteiger partial charge is 0.273 e. The Kier molecular flexibility index (Phi) is 7.60. The lowest BCUT2D eigenvalue weighted by Crippen LogP contribution is -2.32. The normalized spacial score (nSPS) is 10.8. The summed E-state index contributed by atoms with van der Waals surface area (Å²) in [6.07, 6.45) is 5.01. The van der Waals surface area contributed by atoms with Crippen LogP contribution in [-0.2, 0) is 13.1 Å². The molecule has 0 atom stereocenters. The molecular weight excluding hydrogens is 390 g/mol. The molecule has 0 saturated carbocycles. The van der Waals surface area contributed by atoms with Crippen LogP contribution in [0.3, 0.4) is 0 Å². The predicted octanol–water partition coefficient (Wildman–Crippen LogP) is 5.59. The third kappa shape index (κ3) is 5.81. The van der Waals surface area contributed by atoms with Crippen LogP contribution in [0.4, 0.5) is 5.69 Å². The van der Waals surface area contributed by atoms with Crippen LogP contribution in [0.1, 0.15) is 53.4 Å². The molecule has 0 radical (unpaired) electrons. The van der Waals surface area contributed by atoms with Gasteiger partial charge in [-0.2, -0.15) is 0 Å². The van der Waals surface area contributed by atoms with Crippen LogP contribution in [0.2, 0.25) is 0 Å². The van der Waals surface area contributed by atoms with E-state index in [1.165, 1.54) is 11.6 Å². The molecule has 0 bridgehead atoms. The average molecular weight is 420 g/mol. The monoisotopic (exact) mass is 419 g/mol. The first-order valence-corrected chi connectivity index (χ1v) is 10.7. The van der Waals surface area contributed by atoms with Gasteiger partial charge in [0.1, 0.15) is 0 Å². The van der Waals surface area contributed by atoms with Gasteiger partial charge in [-0.3, -0.25) is 14.9 Å². The number of carbonyl (C=O) groups excluding carboxylic acids is 1. The molecule has 0 unspecified atom stereocenters. The van der Waals surface area contributed by atoms with Gasteiger partial charge in [0.25, 0.3) is 11.6 Å². The topological polar surface area (TPSA) is 68.4 Å². The molecule has 0 aliphatic carbocycles. The van der Waals surface area contributed by atoms with Crippen molar-refractivity contribution in [1.29, 1.82) is 0 Å². The van der Waals surface area contributed by atoms with E-state index in [1.807, 2.05) is 36.5 Å². The van der Waals surface area contributed by atoms with Gasteiger partial charge >= 0.3 is 0 Å². The molecule has 0 aliphatic heterocycles. The van der Waals surface area contributed by atoms with Crippen molar-refractivity contribution in [1.82, 2.24) is 9.47 Å². The molecule has 162 valence electrons. The van der Waals surface area contributed by atoms with Crippen LogP contribution in [-0.4, -0.2) is 26.8 Å². The summed E-state index contributed by atoms with van der Waals surface area (Å²) in [6, 6.07) is 18.9. The Labute approximate surface area is 183 Å². The van der Waals surface area contributed by atoms with Crippen molar-refractivity contribution in [2.45, 2.75) is 46.2 Å². The highest BCUT2D eigenvalue weighted by atomic mass is 16.6. The van der Waals surface area contributed by atoms with E-state index in [0.29, 0.717) is 24.2 Å². The summed E-state index contributed by atoms with van der Waals surface area (Å²) in [6.45, 7) is 5.62. The Morgan fingerprint density at radius 1 is 1.06 bits per heavy atom. The fourth-order valence-corrected chi connectivity index (χ4v) is 3.65. The number of nitro benzene ring substituents is 1. The van der Waals surface area contributed by atoms with Gasteiger partial charge in [0.2, 0.25) is 0 Å². The maximum atomic E-state index is 13.3. The Morgan fingerprint density at radius 3 is 2.55 bits per heavy atom. The molecule has 6 nitrogen and oxygen atoms in total. The molecule has 0 fully saturated rings. The van der Waals surface area contributed by atoms with E-state index in [2.05, 4.69) is 23.6 Å². The van der Waals surface area contributed by atoms with Crippen LogP contribution in [0.15, 0.2) is 66.9 Å². The number of aryl methyl sites for hydroxylation is 1. The largest absolute Gasteiger partial charge is 0.345 e. The molecule has 2 aromatic carbocycles. The third-order valence-electron chi connectivity index (χ3n) is 5.44. The highest BCUT2D eigenvalue weighted by Gasteiger charge is 2.21. The Bertz CT molecular complexity index is 1030. The van der Waals surface area contributed by atoms with Crippen LogP contribution in [0.5, 0.6) is 0 Å².